The lowest BCUT2D eigenvalue weighted by Gasteiger charge is -2.29. The summed E-state index contributed by atoms with van der Waals surface area (Å²) in [5, 5.41) is 12.0. The van der Waals surface area contributed by atoms with Crippen molar-refractivity contribution >= 4 is 63.6 Å². The van der Waals surface area contributed by atoms with Crippen LogP contribution in [0.3, 0.4) is 0 Å². The number of nitrogen functional groups attached to an aromatic ring is 1. The predicted octanol–water partition coefficient (Wildman–Crippen LogP) is 17.7. The number of methoxy groups -OCH3 is 1. The number of nitrogens with two attached hydrogens (primary N) is 1. The molecule has 1 aliphatic rings. The van der Waals surface area contributed by atoms with Crippen molar-refractivity contribution in [1.82, 2.24) is 0 Å². The van der Waals surface area contributed by atoms with E-state index in [2.05, 4.69) is 132 Å². The highest BCUT2D eigenvalue weighted by atomic mass is 16.5. The fourth-order valence-corrected chi connectivity index (χ4v) is 9.98. The van der Waals surface area contributed by atoms with Crippen LogP contribution in [0.15, 0.2) is 178 Å². The van der Waals surface area contributed by atoms with Crippen LogP contribution in [0.25, 0.3) is 5.57 Å². The van der Waals surface area contributed by atoms with E-state index in [1.807, 2.05) is 97.1 Å². The number of hydrogen-bond donors (Lipinski definition) is 2. The third kappa shape index (κ3) is 13.3. The zero-order chi connectivity index (χ0) is 56.9. The second-order valence-corrected chi connectivity index (χ2v) is 24.8. The Balaban J connectivity index is 1.12. The maximum absolute atomic E-state index is 14.5. The molecule has 0 fully saturated rings. The van der Waals surface area contributed by atoms with Crippen LogP contribution in [0.1, 0.15) is 158 Å². The van der Waals surface area contributed by atoms with Crippen molar-refractivity contribution in [3.05, 3.63) is 213 Å². The Morgan fingerprint density at radius 3 is 1.73 bits per heavy atom. The monoisotopic (exact) mass is 1050 g/mol. The van der Waals surface area contributed by atoms with Crippen LogP contribution in [0.4, 0.5) is 28.4 Å². The first kappa shape index (κ1) is 57.2. The first-order valence-electron chi connectivity index (χ1n) is 27.7. The van der Waals surface area contributed by atoms with Gasteiger partial charge in [-0.2, -0.15) is 0 Å². The third-order valence-corrected chi connectivity index (χ3v) is 15.0. The van der Waals surface area contributed by atoms with Gasteiger partial charge in [-0.25, -0.2) is 9.98 Å². The number of ether oxygens (including phenoxy) is 1. The number of carbonyl (C=O) groups is 1. The van der Waals surface area contributed by atoms with Crippen molar-refractivity contribution in [3.63, 3.8) is 0 Å². The summed E-state index contributed by atoms with van der Waals surface area (Å²) in [4.78, 5) is 35.3. The summed E-state index contributed by atoms with van der Waals surface area (Å²) in [5.41, 5.74) is 21.1. The fourth-order valence-electron chi connectivity index (χ4n) is 9.98. The van der Waals surface area contributed by atoms with Crippen molar-refractivity contribution in [2.45, 2.75) is 125 Å². The molecule has 0 bridgehead atoms. The minimum absolute atomic E-state index is 0.0122. The van der Waals surface area contributed by atoms with Crippen LogP contribution in [-0.4, -0.2) is 41.9 Å². The summed E-state index contributed by atoms with van der Waals surface area (Å²) < 4.78 is 6.26. The maximum atomic E-state index is 14.5. The molecule has 8 heteroatoms. The number of anilines is 1. The van der Waals surface area contributed by atoms with E-state index >= 15 is 0 Å². The lowest BCUT2D eigenvalue weighted by Crippen LogP contribution is -2.21. The average molecular weight is 1050 g/mol. The van der Waals surface area contributed by atoms with Gasteiger partial charge in [0.1, 0.15) is 11.5 Å². The maximum Gasteiger partial charge on any atom is 0.171 e. The van der Waals surface area contributed by atoms with E-state index in [-0.39, 0.29) is 33.2 Å². The molecular weight excluding hydrogens is 971 g/mol. The van der Waals surface area contributed by atoms with Gasteiger partial charge in [0, 0.05) is 62.6 Å². The molecule has 79 heavy (non-hydrogen) atoms. The number of benzene rings is 7. The minimum Gasteiger partial charge on any atom is -0.507 e. The standard InChI is InChI=1S/C71H79N5O3/c1-14-71(11,12)52-39-50(43-68(2,3)4)62(72)55(41-52)63(46-27-17-15-18-28-46)75-60-37-23-21-35-58(60)73-44-48-31-25-33-53(65(48)77)54-34-26-32-49(66(54)78)45-74-59-36-22-24-38-61(59)76-64(47-29-19-16-20-30-47)56-40-51(69(5,6)7)42-57(67(56)79-13)70(8,9)10/h15-24,26-30,32-42,44-45,48,78H,14,25,31,43,72H2,1-13H3. The molecule has 0 saturated heterocycles. The number of phenols is 1. The van der Waals surface area contributed by atoms with E-state index in [9.17, 15) is 9.90 Å². The lowest BCUT2D eigenvalue weighted by molar-refractivity contribution is -0.115. The van der Waals surface area contributed by atoms with Gasteiger partial charge < -0.3 is 15.6 Å². The largest absolute Gasteiger partial charge is 0.507 e. The van der Waals surface area contributed by atoms with Crippen molar-refractivity contribution in [3.8, 4) is 11.5 Å². The summed E-state index contributed by atoms with van der Waals surface area (Å²) >= 11 is 0. The van der Waals surface area contributed by atoms with E-state index in [0.717, 1.165) is 69.1 Å². The van der Waals surface area contributed by atoms with Gasteiger partial charge >= 0.3 is 0 Å². The second-order valence-electron chi connectivity index (χ2n) is 24.8. The molecule has 1 aliphatic carbocycles. The minimum atomic E-state index is -0.531. The number of para-hydroxylation sites is 5. The SMILES string of the molecule is CCC(C)(C)c1cc(CC(C)(C)C)c(N)c(C(=Nc2ccccc2N=CC2CCC=C(c3cccc(C=Nc4ccccc4N=C(c4ccccc4)c4cc(C(C)(C)C)cc(C(C)(C)C)c4OC)c3O)C2=O)c2ccccc2)c1. The van der Waals surface area contributed by atoms with Crippen LogP contribution < -0.4 is 10.5 Å². The Hall–Kier alpha value is -7.97. The summed E-state index contributed by atoms with van der Waals surface area (Å²) in [6.07, 6.45) is 8.28. The van der Waals surface area contributed by atoms with E-state index in [1.165, 1.54) is 11.1 Å². The molecule has 0 saturated carbocycles. The van der Waals surface area contributed by atoms with E-state index in [1.54, 1.807) is 31.7 Å². The normalized spacial score (nSPS) is 15.0. The van der Waals surface area contributed by atoms with Gasteiger partial charge in [-0.1, -0.05) is 198 Å². The van der Waals surface area contributed by atoms with Crippen molar-refractivity contribution in [1.29, 1.82) is 0 Å². The quantitative estimate of drug-likeness (QED) is 0.0784. The molecule has 8 rings (SSSR count). The van der Waals surface area contributed by atoms with Gasteiger partial charge in [0.15, 0.2) is 5.78 Å². The number of Topliss-reactive ketones (excluding diaryl/α,β-unsaturated/α-hetero) is 1. The molecule has 0 aliphatic heterocycles. The number of aromatic hydroxyl groups is 1. The first-order valence-corrected chi connectivity index (χ1v) is 27.7. The first-order chi connectivity index (χ1) is 37.5. The highest BCUT2D eigenvalue weighted by molar-refractivity contribution is 6.27. The molecule has 0 spiro atoms. The van der Waals surface area contributed by atoms with Crippen LogP contribution in [0.2, 0.25) is 0 Å². The summed E-state index contributed by atoms with van der Waals surface area (Å²) in [5.74, 6) is 0.102. The van der Waals surface area contributed by atoms with Crippen LogP contribution in [0, 0.1) is 11.3 Å². The zero-order valence-electron chi connectivity index (χ0n) is 48.7. The molecule has 0 radical (unpaired) electrons. The van der Waals surface area contributed by atoms with Gasteiger partial charge in [0.05, 0.1) is 47.2 Å². The molecule has 1 atom stereocenters. The van der Waals surface area contributed by atoms with Gasteiger partial charge in [-0.15, -0.1) is 0 Å². The number of phenolic OH excluding ortho intramolecular Hbond substituents is 1. The fraction of sp³-hybridized carbons (Fsp3) is 0.310. The molecule has 1 unspecified atom stereocenters. The van der Waals surface area contributed by atoms with Gasteiger partial charge in [0.2, 0.25) is 0 Å². The van der Waals surface area contributed by atoms with Crippen LogP contribution in [-0.2, 0) is 27.5 Å². The molecule has 0 aromatic heterocycles. The topological polar surface area (TPSA) is 122 Å². The van der Waals surface area contributed by atoms with Crippen molar-refractivity contribution in [2.75, 3.05) is 12.8 Å². The summed E-state index contributed by atoms with van der Waals surface area (Å²) in [6.45, 7) is 26.8. The zero-order valence-corrected chi connectivity index (χ0v) is 48.7. The van der Waals surface area contributed by atoms with Crippen molar-refractivity contribution < 1.29 is 14.6 Å². The highest BCUT2D eigenvalue weighted by Gasteiger charge is 2.30. The summed E-state index contributed by atoms with van der Waals surface area (Å²) in [7, 11) is 1.73. The molecule has 0 amide bonds. The second kappa shape index (κ2) is 23.6. The Bertz CT molecular complexity index is 3510. The van der Waals surface area contributed by atoms with Crippen molar-refractivity contribution in [2.24, 2.45) is 31.3 Å². The average Bonchev–Trinajstić information content (AvgIpc) is 3.43. The highest BCUT2D eigenvalue weighted by Crippen LogP contribution is 2.42. The number of nitrogens with zero attached hydrogens (tertiary/aromatic N) is 4. The molecule has 3 N–H and O–H groups in total. The van der Waals surface area contributed by atoms with Gasteiger partial charge in [-0.3, -0.25) is 14.8 Å². The van der Waals surface area contributed by atoms with E-state index in [4.69, 9.17) is 30.4 Å². The number of allylic oxidation sites excluding steroid dienone is 2. The number of aliphatic imine (C=N–C) groups is 4. The van der Waals surface area contributed by atoms with E-state index in [0.29, 0.717) is 52.3 Å². The molecule has 406 valence electrons. The van der Waals surface area contributed by atoms with Gasteiger partial charge in [-0.05, 0) is 106 Å². The number of rotatable bonds is 15. The Kier molecular flexibility index (Phi) is 17.1. The Labute approximate surface area is 470 Å². The summed E-state index contributed by atoms with van der Waals surface area (Å²) in [6, 6.07) is 50.3. The molecule has 7 aromatic rings. The van der Waals surface area contributed by atoms with Gasteiger partial charge in [0.25, 0.3) is 0 Å². The molecule has 7 aromatic carbocycles. The molecular formula is C71H79N5O3. The molecule has 0 heterocycles. The van der Waals surface area contributed by atoms with E-state index < -0.39 is 5.92 Å². The van der Waals surface area contributed by atoms with Crippen LogP contribution >= 0.6 is 0 Å². The van der Waals surface area contributed by atoms with Crippen LogP contribution in [0.5, 0.6) is 11.5 Å². The Morgan fingerprint density at radius 1 is 0.646 bits per heavy atom. The number of carbonyl (C=O) groups excluding carboxylic acids is 1. The third-order valence-electron chi connectivity index (χ3n) is 15.0. The number of ketones is 1. The molecule has 8 nitrogen and oxygen atoms in total. The Morgan fingerprint density at radius 2 is 1.19 bits per heavy atom. The number of hydrogen-bond acceptors (Lipinski definition) is 8. The predicted molar refractivity (Wildman–Crippen MR) is 333 cm³/mol. The lowest BCUT2D eigenvalue weighted by atomic mass is 9.77. The smallest absolute Gasteiger partial charge is 0.171 e.